The number of nitrogens with zero attached hydrogens (tertiary/aromatic N) is 2. The predicted octanol–water partition coefficient (Wildman–Crippen LogP) is 5.09. The number of rotatable bonds is 6. The van der Waals surface area contributed by atoms with Crippen molar-refractivity contribution in [3.8, 4) is 0 Å². The molecule has 4 aromatic rings. The third-order valence-corrected chi connectivity index (χ3v) is 6.16. The van der Waals surface area contributed by atoms with Crippen LogP contribution in [0.1, 0.15) is 33.9 Å². The number of benzene rings is 3. The van der Waals surface area contributed by atoms with Gasteiger partial charge in [-0.15, -0.1) is 0 Å². The van der Waals surface area contributed by atoms with Crippen LogP contribution in [0.15, 0.2) is 78.4 Å². The SMILES string of the molecule is CN(C)Cc1ccc(/C=C/c2n[nH]c3cc(C=C4C(=O)NCC4c4ccccc4)ccc23)cc1. The largest absolute Gasteiger partial charge is 0.351 e. The van der Waals surface area contributed by atoms with E-state index in [1.807, 2.05) is 36.4 Å². The molecule has 3 aromatic carbocycles. The Morgan fingerprint density at radius 1 is 0.971 bits per heavy atom. The van der Waals surface area contributed by atoms with Crippen LogP contribution >= 0.6 is 0 Å². The lowest BCUT2D eigenvalue weighted by Gasteiger charge is -2.10. The molecule has 1 aliphatic rings. The number of amides is 1. The molecule has 1 amide bonds. The number of carbonyl (C=O) groups excluding carboxylic acids is 1. The Labute approximate surface area is 199 Å². The average molecular weight is 449 g/mol. The zero-order valence-electron chi connectivity index (χ0n) is 19.5. The number of fused-ring (bicyclic) bond motifs is 1. The van der Waals surface area contributed by atoms with Crippen molar-refractivity contribution in [3.63, 3.8) is 0 Å². The van der Waals surface area contributed by atoms with Crippen molar-refractivity contribution in [2.45, 2.75) is 12.5 Å². The molecule has 170 valence electrons. The minimum absolute atomic E-state index is 0.00113. The highest BCUT2D eigenvalue weighted by Crippen LogP contribution is 2.30. The van der Waals surface area contributed by atoms with Gasteiger partial charge in [-0.2, -0.15) is 5.10 Å². The molecule has 1 fully saturated rings. The maximum Gasteiger partial charge on any atom is 0.247 e. The van der Waals surface area contributed by atoms with E-state index in [1.54, 1.807) is 0 Å². The van der Waals surface area contributed by atoms with E-state index in [1.165, 1.54) is 5.56 Å². The van der Waals surface area contributed by atoms with Crippen molar-refractivity contribution in [1.29, 1.82) is 0 Å². The molecule has 1 atom stereocenters. The highest BCUT2D eigenvalue weighted by atomic mass is 16.2. The second-order valence-corrected chi connectivity index (χ2v) is 9.00. The van der Waals surface area contributed by atoms with Crippen LogP contribution in [-0.2, 0) is 11.3 Å². The molecular formula is C29H28N4O. The van der Waals surface area contributed by atoms with Gasteiger partial charge in [0.15, 0.2) is 0 Å². The second-order valence-electron chi connectivity index (χ2n) is 9.00. The smallest absolute Gasteiger partial charge is 0.247 e. The minimum atomic E-state index is -0.00113. The predicted molar refractivity (Wildman–Crippen MR) is 139 cm³/mol. The normalized spacial score (nSPS) is 17.3. The molecule has 5 heteroatoms. The molecule has 2 heterocycles. The summed E-state index contributed by atoms with van der Waals surface area (Å²) in [7, 11) is 4.14. The third-order valence-electron chi connectivity index (χ3n) is 6.16. The molecule has 0 bridgehead atoms. The molecule has 1 saturated heterocycles. The quantitative estimate of drug-likeness (QED) is 0.404. The van der Waals surface area contributed by atoms with Gasteiger partial charge in [0.1, 0.15) is 0 Å². The number of H-pyrrole nitrogens is 1. The summed E-state index contributed by atoms with van der Waals surface area (Å²) in [6, 6.07) is 24.9. The number of aromatic amines is 1. The van der Waals surface area contributed by atoms with Crippen LogP contribution in [0.5, 0.6) is 0 Å². The maximum absolute atomic E-state index is 12.5. The molecule has 0 radical (unpaired) electrons. The Morgan fingerprint density at radius 2 is 1.74 bits per heavy atom. The van der Waals surface area contributed by atoms with Crippen LogP contribution in [0, 0.1) is 0 Å². The van der Waals surface area contributed by atoms with Crippen molar-refractivity contribution < 1.29 is 4.79 Å². The summed E-state index contributed by atoms with van der Waals surface area (Å²) in [4.78, 5) is 14.7. The highest BCUT2D eigenvalue weighted by Gasteiger charge is 2.29. The van der Waals surface area contributed by atoms with Gasteiger partial charge in [-0.1, -0.05) is 66.7 Å². The highest BCUT2D eigenvalue weighted by molar-refractivity contribution is 6.02. The van der Waals surface area contributed by atoms with Gasteiger partial charge >= 0.3 is 0 Å². The molecule has 2 N–H and O–H groups in total. The van der Waals surface area contributed by atoms with E-state index in [-0.39, 0.29) is 11.8 Å². The molecule has 5 nitrogen and oxygen atoms in total. The summed E-state index contributed by atoms with van der Waals surface area (Å²) in [6.07, 6.45) is 6.11. The number of hydrogen-bond donors (Lipinski definition) is 2. The average Bonchev–Trinajstić information content (AvgIpc) is 3.42. The van der Waals surface area contributed by atoms with Crippen molar-refractivity contribution >= 4 is 35.0 Å². The van der Waals surface area contributed by atoms with Gasteiger partial charge < -0.3 is 10.2 Å². The van der Waals surface area contributed by atoms with Gasteiger partial charge in [0.2, 0.25) is 5.91 Å². The molecule has 1 aliphatic heterocycles. The first-order chi connectivity index (χ1) is 16.6. The fourth-order valence-corrected chi connectivity index (χ4v) is 4.44. The monoisotopic (exact) mass is 448 g/mol. The van der Waals surface area contributed by atoms with Gasteiger partial charge in [0.25, 0.3) is 0 Å². The van der Waals surface area contributed by atoms with Gasteiger partial charge in [-0.3, -0.25) is 9.89 Å². The zero-order valence-corrected chi connectivity index (χ0v) is 19.5. The van der Waals surface area contributed by atoms with E-state index < -0.39 is 0 Å². The summed E-state index contributed by atoms with van der Waals surface area (Å²) < 4.78 is 0. The van der Waals surface area contributed by atoms with E-state index in [2.05, 4.69) is 89.1 Å². The van der Waals surface area contributed by atoms with E-state index in [4.69, 9.17) is 0 Å². The van der Waals surface area contributed by atoms with E-state index in [0.717, 1.165) is 45.4 Å². The second kappa shape index (κ2) is 9.49. The van der Waals surface area contributed by atoms with Crippen molar-refractivity contribution in [3.05, 3.63) is 106 Å². The number of carbonyl (C=O) groups is 1. The molecule has 34 heavy (non-hydrogen) atoms. The van der Waals surface area contributed by atoms with Crippen LogP contribution in [0.2, 0.25) is 0 Å². The topological polar surface area (TPSA) is 61.0 Å². The Bertz CT molecular complexity index is 1360. The Hall–Kier alpha value is -3.96. The number of nitrogens with one attached hydrogen (secondary N) is 2. The summed E-state index contributed by atoms with van der Waals surface area (Å²) in [5.74, 6) is 0.0626. The van der Waals surface area contributed by atoms with Crippen LogP contribution < -0.4 is 5.32 Å². The zero-order chi connectivity index (χ0) is 23.5. The van der Waals surface area contributed by atoms with Crippen LogP contribution in [0.25, 0.3) is 29.1 Å². The maximum atomic E-state index is 12.5. The molecular weight excluding hydrogens is 420 g/mol. The van der Waals surface area contributed by atoms with E-state index >= 15 is 0 Å². The summed E-state index contributed by atoms with van der Waals surface area (Å²) in [5, 5.41) is 11.7. The Morgan fingerprint density at radius 3 is 2.50 bits per heavy atom. The standard InChI is InChI=1S/C29H28N4O/c1-33(2)19-21-10-8-20(9-11-21)13-15-27-24-14-12-22(17-28(24)32-31-27)16-25-26(18-30-29(25)34)23-6-4-3-5-7-23/h3-17,26H,18-19H2,1-2H3,(H,30,34)(H,31,32)/b15-13+,25-16?. The van der Waals surface area contributed by atoms with Crippen molar-refractivity contribution in [2.24, 2.45) is 0 Å². The summed E-state index contributed by atoms with van der Waals surface area (Å²) >= 11 is 0. The van der Waals surface area contributed by atoms with Crippen LogP contribution in [0.3, 0.4) is 0 Å². The lowest BCUT2D eigenvalue weighted by molar-refractivity contribution is -0.116. The van der Waals surface area contributed by atoms with Gasteiger partial charge in [0.05, 0.1) is 11.2 Å². The summed E-state index contributed by atoms with van der Waals surface area (Å²) in [6.45, 7) is 1.56. The third kappa shape index (κ3) is 4.70. The van der Waals surface area contributed by atoms with Crippen molar-refractivity contribution in [1.82, 2.24) is 20.4 Å². The fourth-order valence-electron chi connectivity index (χ4n) is 4.44. The van der Waals surface area contributed by atoms with Crippen LogP contribution in [0.4, 0.5) is 0 Å². The molecule has 1 unspecified atom stereocenters. The number of hydrogen-bond acceptors (Lipinski definition) is 3. The first kappa shape index (κ1) is 21.9. The van der Waals surface area contributed by atoms with Gasteiger partial charge in [0, 0.05) is 30.0 Å². The molecule has 1 aromatic heterocycles. The Kier molecular flexibility index (Phi) is 6.11. The first-order valence-corrected chi connectivity index (χ1v) is 11.5. The van der Waals surface area contributed by atoms with Gasteiger partial charge in [-0.05, 0) is 60.6 Å². The Balaban J connectivity index is 1.37. The fraction of sp³-hybridized carbons (Fsp3) is 0.172. The van der Waals surface area contributed by atoms with Gasteiger partial charge in [-0.25, -0.2) is 0 Å². The van der Waals surface area contributed by atoms with E-state index in [9.17, 15) is 4.79 Å². The molecule has 0 spiro atoms. The first-order valence-electron chi connectivity index (χ1n) is 11.5. The van der Waals surface area contributed by atoms with E-state index in [0.29, 0.717) is 6.54 Å². The van der Waals surface area contributed by atoms with Crippen LogP contribution in [-0.4, -0.2) is 41.6 Å². The van der Waals surface area contributed by atoms with Crippen molar-refractivity contribution in [2.75, 3.05) is 20.6 Å². The molecule has 5 rings (SSSR count). The minimum Gasteiger partial charge on any atom is -0.351 e. The molecule has 0 saturated carbocycles. The lowest BCUT2D eigenvalue weighted by Crippen LogP contribution is -2.14. The molecule has 0 aliphatic carbocycles. The number of aromatic nitrogens is 2. The lowest BCUT2D eigenvalue weighted by atomic mass is 9.92. The summed E-state index contributed by atoms with van der Waals surface area (Å²) in [5.41, 5.74) is 7.20.